The van der Waals surface area contributed by atoms with E-state index >= 15 is 0 Å². The summed E-state index contributed by atoms with van der Waals surface area (Å²) in [5.41, 5.74) is 0.282. The van der Waals surface area contributed by atoms with Crippen LogP contribution in [0.5, 0.6) is 5.75 Å². The van der Waals surface area contributed by atoms with Crippen molar-refractivity contribution >= 4 is 11.7 Å². The lowest BCUT2D eigenvalue weighted by Gasteiger charge is -2.31. The lowest BCUT2D eigenvalue weighted by molar-refractivity contribution is -0.137. The average molecular weight is 446 g/mol. The number of alkyl halides is 3. The Labute approximate surface area is 182 Å². The number of carbonyl (C=O) groups is 1. The normalized spacial score (nSPS) is 16.6. The summed E-state index contributed by atoms with van der Waals surface area (Å²) in [7, 11) is 1.56. The Balaban J connectivity index is 1.42. The molecule has 1 saturated heterocycles. The first-order valence-electron chi connectivity index (χ1n) is 10.0. The molecule has 1 unspecified atom stereocenters. The first kappa shape index (κ1) is 21.7. The van der Waals surface area contributed by atoms with Crippen LogP contribution in [0, 0.1) is 0 Å². The summed E-state index contributed by atoms with van der Waals surface area (Å²) in [6, 6.07) is 11.4. The van der Waals surface area contributed by atoms with Gasteiger partial charge in [-0.25, -0.2) is 4.79 Å². The van der Waals surface area contributed by atoms with E-state index < -0.39 is 11.7 Å². The van der Waals surface area contributed by atoms with Crippen LogP contribution >= 0.6 is 0 Å². The van der Waals surface area contributed by atoms with Crippen molar-refractivity contribution in [2.24, 2.45) is 0 Å². The van der Waals surface area contributed by atoms with Crippen molar-refractivity contribution in [2.45, 2.75) is 24.9 Å². The predicted octanol–water partition coefficient (Wildman–Crippen LogP) is 5.18. The molecule has 168 valence electrons. The van der Waals surface area contributed by atoms with E-state index in [9.17, 15) is 18.0 Å². The number of amides is 2. The number of nitrogens with one attached hydrogen (secondary N) is 1. The fourth-order valence-corrected chi connectivity index (χ4v) is 3.58. The van der Waals surface area contributed by atoms with E-state index in [-0.39, 0.29) is 17.8 Å². The Morgan fingerprint density at radius 2 is 1.97 bits per heavy atom. The fraction of sp³-hybridized carbons (Fsp3) is 0.318. The van der Waals surface area contributed by atoms with E-state index in [0.29, 0.717) is 36.0 Å². The number of hydrogen-bond donors (Lipinski definition) is 1. The molecule has 1 atom stereocenters. The van der Waals surface area contributed by atoms with Crippen LogP contribution in [-0.2, 0) is 6.18 Å². The van der Waals surface area contributed by atoms with E-state index in [2.05, 4.69) is 15.5 Å². The van der Waals surface area contributed by atoms with E-state index in [1.54, 1.807) is 36.3 Å². The highest BCUT2D eigenvalue weighted by Crippen LogP contribution is 2.32. The molecule has 32 heavy (non-hydrogen) atoms. The summed E-state index contributed by atoms with van der Waals surface area (Å²) in [6.45, 7) is 0.983. The van der Waals surface area contributed by atoms with Gasteiger partial charge in [0.1, 0.15) is 5.75 Å². The van der Waals surface area contributed by atoms with Crippen LogP contribution in [-0.4, -0.2) is 41.3 Å². The number of nitrogens with zero attached hydrogens (tertiary/aromatic N) is 3. The van der Waals surface area contributed by atoms with Crippen molar-refractivity contribution in [1.82, 2.24) is 15.1 Å². The molecule has 2 amide bonds. The Bertz CT molecular complexity index is 1080. The number of carbonyl (C=O) groups excluding carboxylic acids is 1. The summed E-state index contributed by atoms with van der Waals surface area (Å²) in [5.74, 6) is 0.988. The molecule has 2 heterocycles. The van der Waals surface area contributed by atoms with Crippen LogP contribution in [0.3, 0.4) is 0 Å². The van der Waals surface area contributed by atoms with Gasteiger partial charge in [0.15, 0.2) is 0 Å². The molecule has 2 aromatic carbocycles. The molecule has 4 rings (SSSR count). The second-order valence-corrected chi connectivity index (χ2v) is 7.47. The molecule has 10 heteroatoms. The maximum absolute atomic E-state index is 12.8. The van der Waals surface area contributed by atoms with Crippen molar-refractivity contribution in [1.29, 1.82) is 0 Å². The third-order valence-corrected chi connectivity index (χ3v) is 5.28. The molecule has 1 aromatic heterocycles. The fourth-order valence-electron chi connectivity index (χ4n) is 3.58. The molecular weight excluding hydrogens is 425 g/mol. The number of halogens is 3. The van der Waals surface area contributed by atoms with Crippen molar-refractivity contribution < 1.29 is 27.1 Å². The van der Waals surface area contributed by atoms with Crippen molar-refractivity contribution in [3.05, 3.63) is 60.0 Å². The summed E-state index contributed by atoms with van der Waals surface area (Å²) in [5, 5.41) is 10.9. The maximum Gasteiger partial charge on any atom is 0.416 e. The van der Waals surface area contributed by atoms with Crippen LogP contribution < -0.4 is 10.1 Å². The molecule has 1 fully saturated rings. The minimum absolute atomic E-state index is 0.145. The number of likely N-dealkylation sites (tertiary alicyclic amines) is 1. The molecule has 3 aromatic rings. The average Bonchev–Trinajstić information content (AvgIpc) is 3.29. The quantitative estimate of drug-likeness (QED) is 0.598. The van der Waals surface area contributed by atoms with Crippen LogP contribution in [0.4, 0.5) is 23.7 Å². The largest absolute Gasteiger partial charge is 0.497 e. The second kappa shape index (κ2) is 8.89. The van der Waals surface area contributed by atoms with Gasteiger partial charge in [-0.15, -0.1) is 10.2 Å². The Morgan fingerprint density at radius 1 is 1.19 bits per heavy atom. The van der Waals surface area contributed by atoms with Crippen LogP contribution in [0.15, 0.2) is 52.9 Å². The highest BCUT2D eigenvalue weighted by atomic mass is 19.4. The summed E-state index contributed by atoms with van der Waals surface area (Å²) >= 11 is 0. The molecule has 0 aliphatic carbocycles. The first-order chi connectivity index (χ1) is 15.3. The minimum Gasteiger partial charge on any atom is -0.497 e. The molecule has 1 N–H and O–H groups in total. The number of aromatic nitrogens is 2. The van der Waals surface area contributed by atoms with Crippen LogP contribution in [0.25, 0.3) is 11.5 Å². The molecule has 7 nitrogen and oxygen atoms in total. The van der Waals surface area contributed by atoms with E-state index in [1.165, 1.54) is 12.1 Å². The zero-order valence-electron chi connectivity index (χ0n) is 17.2. The highest BCUT2D eigenvalue weighted by molar-refractivity contribution is 5.89. The Kier molecular flexibility index (Phi) is 6.02. The van der Waals surface area contributed by atoms with Crippen molar-refractivity contribution in [3.8, 4) is 17.2 Å². The van der Waals surface area contributed by atoms with Gasteiger partial charge in [0.05, 0.1) is 18.6 Å². The Hall–Kier alpha value is -3.56. The van der Waals surface area contributed by atoms with Crippen molar-refractivity contribution in [3.63, 3.8) is 0 Å². The maximum atomic E-state index is 12.8. The number of methoxy groups -OCH3 is 1. The minimum atomic E-state index is -4.41. The molecule has 0 spiro atoms. The smallest absolute Gasteiger partial charge is 0.416 e. The van der Waals surface area contributed by atoms with Gasteiger partial charge >= 0.3 is 12.2 Å². The predicted molar refractivity (Wildman–Crippen MR) is 110 cm³/mol. The van der Waals surface area contributed by atoms with Crippen LogP contribution in [0.2, 0.25) is 0 Å². The van der Waals surface area contributed by atoms with Gasteiger partial charge in [-0.05, 0) is 49.2 Å². The van der Waals surface area contributed by atoms with Gasteiger partial charge in [-0.2, -0.15) is 13.2 Å². The molecule has 1 aliphatic rings. The lowest BCUT2D eigenvalue weighted by atomic mass is 9.98. The lowest BCUT2D eigenvalue weighted by Crippen LogP contribution is -2.41. The third kappa shape index (κ3) is 4.84. The van der Waals surface area contributed by atoms with E-state index in [1.807, 2.05) is 0 Å². The molecule has 0 saturated carbocycles. The second-order valence-electron chi connectivity index (χ2n) is 7.47. The number of hydrogen-bond acceptors (Lipinski definition) is 5. The monoisotopic (exact) mass is 446 g/mol. The summed E-state index contributed by atoms with van der Waals surface area (Å²) in [6.07, 6.45) is -2.89. The van der Waals surface area contributed by atoms with E-state index in [4.69, 9.17) is 9.15 Å². The van der Waals surface area contributed by atoms with Gasteiger partial charge < -0.3 is 19.4 Å². The van der Waals surface area contributed by atoms with E-state index in [0.717, 1.165) is 25.0 Å². The zero-order valence-corrected chi connectivity index (χ0v) is 17.2. The number of anilines is 1. The SMILES string of the molecule is COc1cccc(NC(=O)N2CCCC(c3nnc(-c4ccc(C(F)(F)F)cc4)o3)C2)c1. The van der Waals surface area contributed by atoms with Gasteiger partial charge in [0.25, 0.3) is 0 Å². The number of benzene rings is 2. The van der Waals surface area contributed by atoms with Gasteiger partial charge in [0, 0.05) is 30.4 Å². The third-order valence-electron chi connectivity index (χ3n) is 5.28. The number of urea groups is 1. The Morgan fingerprint density at radius 3 is 2.69 bits per heavy atom. The summed E-state index contributed by atoms with van der Waals surface area (Å²) < 4.78 is 49.2. The number of piperidine rings is 1. The number of ether oxygens (including phenoxy) is 1. The zero-order chi connectivity index (χ0) is 22.7. The molecule has 0 bridgehead atoms. The van der Waals surface area contributed by atoms with Crippen LogP contribution in [0.1, 0.15) is 30.2 Å². The van der Waals surface area contributed by atoms with Gasteiger partial charge in [-0.3, -0.25) is 0 Å². The highest BCUT2D eigenvalue weighted by Gasteiger charge is 2.31. The molecular formula is C22H21F3N4O3. The van der Waals surface area contributed by atoms with Crippen molar-refractivity contribution in [2.75, 3.05) is 25.5 Å². The molecule has 1 aliphatic heterocycles. The summed E-state index contributed by atoms with van der Waals surface area (Å²) in [4.78, 5) is 14.4. The number of rotatable bonds is 4. The molecule has 0 radical (unpaired) electrons. The van der Waals surface area contributed by atoms with Gasteiger partial charge in [0.2, 0.25) is 11.8 Å². The topological polar surface area (TPSA) is 80.5 Å². The first-order valence-corrected chi connectivity index (χ1v) is 10.0. The van der Waals surface area contributed by atoms with Gasteiger partial charge in [-0.1, -0.05) is 6.07 Å². The standard InChI is InChI=1S/C22H21F3N4O3/c1-31-18-6-2-5-17(12-18)26-21(30)29-11-3-4-15(13-29)20-28-27-19(32-20)14-7-9-16(10-8-14)22(23,24)25/h2,5-10,12,15H,3-4,11,13H2,1H3,(H,26,30).